The summed E-state index contributed by atoms with van der Waals surface area (Å²) in [6.45, 7) is 7.47. The van der Waals surface area contributed by atoms with Crippen LogP contribution in [0.1, 0.15) is 97.0 Å². The van der Waals surface area contributed by atoms with Crippen molar-refractivity contribution >= 4 is 5.97 Å². The highest BCUT2D eigenvalue weighted by molar-refractivity contribution is 5.66. The van der Waals surface area contributed by atoms with Gasteiger partial charge in [-0.15, -0.1) is 0 Å². The molecule has 0 amide bonds. The zero-order chi connectivity index (χ0) is 24.1. The second-order valence-electron chi connectivity index (χ2n) is 13.4. The van der Waals surface area contributed by atoms with Gasteiger partial charge in [-0.25, -0.2) is 0 Å². The number of aliphatic carboxylic acids is 1. The van der Waals surface area contributed by atoms with Crippen LogP contribution in [0.4, 0.5) is 0 Å². The lowest BCUT2D eigenvalue weighted by molar-refractivity contribution is -0.152. The molecule has 0 aromatic heterocycles. The lowest BCUT2D eigenvalue weighted by Crippen LogP contribution is -2.56. The quantitative estimate of drug-likeness (QED) is 0.469. The molecule has 4 aliphatic rings. The van der Waals surface area contributed by atoms with Crippen molar-refractivity contribution in [1.82, 2.24) is 0 Å². The normalized spacial score (nSPS) is 44.5. The lowest BCUT2D eigenvalue weighted by atomic mass is 9.43. The first kappa shape index (κ1) is 24.3. The summed E-state index contributed by atoms with van der Waals surface area (Å²) in [6.07, 6.45) is 12.9. The van der Waals surface area contributed by atoms with Crippen LogP contribution in [-0.4, -0.2) is 21.8 Å². The van der Waals surface area contributed by atoms with Crippen molar-refractivity contribution in [1.29, 1.82) is 0 Å². The molecule has 4 saturated carbocycles. The van der Waals surface area contributed by atoms with E-state index in [4.69, 9.17) is 0 Å². The monoisotopic (exact) mass is 466 g/mol. The number of fused-ring (bicyclic) bond motifs is 5. The molecular formula is C31H46O3. The van der Waals surface area contributed by atoms with E-state index in [0.717, 1.165) is 43.4 Å². The Morgan fingerprint density at radius 1 is 0.971 bits per heavy atom. The third-order valence-corrected chi connectivity index (χ3v) is 11.8. The summed E-state index contributed by atoms with van der Waals surface area (Å²) in [6, 6.07) is 10.6. The average Bonchev–Trinajstić information content (AvgIpc) is 3.16. The highest BCUT2D eigenvalue weighted by atomic mass is 16.4. The van der Waals surface area contributed by atoms with Crippen LogP contribution in [0.2, 0.25) is 0 Å². The minimum absolute atomic E-state index is 0.316. The average molecular weight is 467 g/mol. The van der Waals surface area contributed by atoms with E-state index in [0.29, 0.717) is 35.0 Å². The van der Waals surface area contributed by atoms with Gasteiger partial charge < -0.3 is 10.2 Å². The van der Waals surface area contributed by atoms with E-state index >= 15 is 0 Å². The fraction of sp³-hybridized carbons (Fsp3) is 0.774. The van der Waals surface area contributed by atoms with E-state index in [2.05, 4.69) is 51.1 Å². The van der Waals surface area contributed by atoms with Gasteiger partial charge in [-0.3, -0.25) is 4.79 Å². The Labute approximate surface area is 206 Å². The maximum atomic E-state index is 11.6. The molecule has 4 aliphatic carbocycles. The van der Waals surface area contributed by atoms with Crippen LogP contribution in [0.3, 0.4) is 0 Å². The van der Waals surface area contributed by atoms with Gasteiger partial charge in [-0.05, 0) is 116 Å². The van der Waals surface area contributed by atoms with E-state index in [1.807, 2.05) is 0 Å². The van der Waals surface area contributed by atoms with Crippen molar-refractivity contribution in [2.75, 3.05) is 0 Å². The summed E-state index contributed by atoms with van der Waals surface area (Å²) < 4.78 is 0. The number of hydrogen-bond donors (Lipinski definition) is 2. The van der Waals surface area contributed by atoms with Crippen LogP contribution in [-0.2, 0) is 11.2 Å². The molecule has 3 heteroatoms. The number of benzene rings is 1. The van der Waals surface area contributed by atoms with Crippen LogP contribution in [0.25, 0.3) is 0 Å². The number of carboxylic acids is 1. The Hall–Kier alpha value is -1.35. The number of aliphatic hydroxyl groups is 1. The van der Waals surface area contributed by atoms with E-state index < -0.39 is 11.6 Å². The minimum atomic E-state index is -0.647. The Balaban J connectivity index is 1.29. The Morgan fingerprint density at radius 3 is 2.44 bits per heavy atom. The van der Waals surface area contributed by atoms with Crippen LogP contribution >= 0.6 is 0 Å². The predicted molar refractivity (Wildman–Crippen MR) is 136 cm³/mol. The van der Waals surface area contributed by atoms with E-state index in [9.17, 15) is 15.0 Å². The van der Waals surface area contributed by atoms with Gasteiger partial charge in [0.25, 0.3) is 0 Å². The van der Waals surface area contributed by atoms with Crippen molar-refractivity contribution in [3.05, 3.63) is 35.9 Å². The summed E-state index contributed by atoms with van der Waals surface area (Å²) in [5.41, 5.74) is 1.50. The molecule has 0 heterocycles. The standard InChI is InChI=1S/C31H46O3/c1-21(9-14-28(32)33)25-12-13-26-24-11-10-23-20-31(34,19-22-7-5-4-6-8-22)18-17-29(23,2)27(24)15-16-30(25,26)3/h4-8,21,23-27,34H,9-20H2,1-3H3,(H,32,33)/t21-,23?,24+,25-,26+,27+,29+,30-,31+/m1/s1. The molecule has 1 aromatic carbocycles. The van der Waals surface area contributed by atoms with Crippen LogP contribution in [0.5, 0.6) is 0 Å². The molecule has 0 aliphatic heterocycles. The largest absolute Gasteiger partial charge is 0.481 e. The van der Waals surface area contributed by atoms with Crippen molar-refractivity contribution in [2.45, 2.75) is 103 Å². The zero-order valence-electron chi connectivity index (χ0n) is 21.6. The molecule has 0 saturated heterocycles. The topological polar surface area (TPSA) is 57.5 Å². The summed E-state index contributed by atoms with van der Waals surface area (Å²) >= 11 is 0. The van der Waals surface area contributed by atoms with Gasteiger partial charge in [-0.1, -0.05) is 51.1 Å². The molecule has 5 rings (SSSR count). The molecule has 188 valence electrons. The van der Waals surface area contributed by atoms with Crippen LogP contribution in [0, 0.1) is 46.3 Å². The smallest absolute Gasteiger partial charge is 0.303 e. The SMILES string of the molecule is C[C@H](CCC(=O)O)[C@H]1CC[C@H]2[C@@H]3CCC4C[C@@](O)(Cc5ccccc5)CC[C@]4(C)[C@H]3CC[C@]12C. The summed E-state index contributed by atoms with van der Waals surface area (Å²) in [5, 5.41) is 20.8. The van der Waals surface area contributed by atoms with Crippen LogP contribution in [0.15, 0.2) is 30.3 Å². The van der Waals surface area contributed by atoms with Gasteiger partial charge in [0.05, 0.1) is 5.60 Å². The lowest BCUT2D eigenvalue weighted by Gasteiger charge is -2.62. The van der Waals surface area contributed by atoms with Gasteiger partial charge in [0.1, 0.15) is 0 Å². The van der Waals surface area contributed by atoms with E-state index in [1.165, 1.54) is 50.5 Å². The van der Waals surface area contributed by atoms with E-state index in [1.54, 1.807) is 0 Å². The van der Waals surface area contributed by atoms with Gasteiger partial charge in [0, 0.05) is 12.8 Å². The summed E-state index contributed by atoms with van der Waals surface area (Å²) in [5.74, 6) is 3.64. The first-order valence-corrected chi connectivity index (χ1v) is 14.1. The van der Waals surface area contributed by atoms with Crippen LogP contribution < -0.4 is 0 Å². The maximum Gasteiger partial charge on any atom is 0.303 e. The summed E-state index contributed by atoms with van der Waals surface area (Å²) in [4.78, 5) is 11.2. The van der Waals surface area contributed by atoms with Crippen molar-refractivity contribution in [2.24, 2.45) is 46.3 Å². The zero-order valence-corrected chi connectivity index (χ0v) is 21.6. The molecular weight excluding hydrogens is 420 g/mol. The van der Waals surface area contributed by atoms with Gasteiger partial charge in [0.15, 0.2) is 0 Å². The van der Waals surface area contributed by atoms with Crippen molar-refractivity contribution in [3.8, 4) is 0 Å². The first-order valence-electron chi connectivity index (χ1n) is 14.1. The fourth-order valence-electron chi connectivity index (χ4n) is 9.99. The second-order valence-corrected chi connectivity index (χ2v) is 13.4. The number of carbonyl (C=O) groups is 1. The molecule has 1 aromatic rings. The van der Waals surface area contributed by atoms with Gasteiger partial charge in [0.2, 0.25) is 0 Å². The molecule has 0 bridgehead atoms. The number of hydrogen-bond acceptors (Lipinski definition) is 2. The predicted octanol–water partition coefficient (Wildman–Crippen LogP) is 7.12. The Kier molecular flexibility index (Phi) is 6.41. The third kappa shape index (κ3) is 4.14. The minimum Gasteiger partial charge on any atom is -0.481 e. The number of rotatable bonds is 6. The highest BCUT2D eigenvalue weighted by Crippen LogP contribution is 2.69. The van der Waals surface area contributed by atoms with Crippen molar-refractivity contribution in [3.63, 3.8) is 0 Å². The maximum absolute atomic E-state index is 11.6. The Bertz CT molecular complexity index is 882. The molecule has 3 nitrogen and oxygen atoms in total. The second kappa shape index (κ2) is 8.95. The van der Waals surface area contributed by atoms with Gasteiger partial charge >= 0.3 is 5.97 Å². The van der Waals surface area contributed by atoms with E-state index in [-0.39, 0.29) is 0 Å². The molecule has 1 unspecified atom stereocenters. The Morgan fingerprint density at radius 2 is 1.71 bits per heavy atom. The molecule has 9 atom stereocenters. The highest BCUT2D eigenvalue weighted by Gasteiger charge is 2.61. The number of carboxylic acid groups (broad SMARTS) is 1. The molecule has 34 heavy (non-hydrogen) atoms. The molecule has 0 radical (unpaired) electrons. The molecule has 0 spiro atoms. The molecule has 2 N–H and O–H groups in total. The summed E-state index contributed by atoms with van der Waals surface area (Å²) in [7, 11) is 0. The fourth-order valence-corrected chi connectivity index (χ4v) is 9.99. The third-order valence-electron chi connectivity index (χ3n) is 11.8. The van der Waals surface area contributed by atoms with Gasteiger partial charge in [-0.2, -0.15) is 0 Å². The first-order chi connectivity index (χ1) is 16.1. The molecule has 4 fully saturated rings. The van der Waals surface area contributed by atoms with Crippen molar-refractivity contribution < 1.29 is 15.0 Å².